The lowest BCUT2D eigenvalue weighted by atomic mass is 9.88. The van der Waals surface area contributed by atoms with Gasteiger partial charge in [-0.1, -0.05) is 61.7 Å². The Morgan fingerprint density at radius 1 is 0.935 bits per heavy atom. The molecule has 0 aliphatic heterocycles. The molecule has 170 valence electrons. The zero-order chi connectivity index (χ0) is 22.2. The molecular formula is C23H30Cl2N2O4. The van der Waals surface area contributed by atoms with Gasteiger partial charge in [-0.25, -0.2) is 0 Å². The molecule has 2 saturated carbocycles. The number of carbonyl (C=O) groups is 3. The van der Waals surface area contributed by atoms with Crippen molar-refractivity contribution in [3.63, 3.8) is 0 Å². The molecule has 6 nitrogen and oxygen atoms in total. The molecule has 0 spiro atoms. The van der Waals surface area contributed by atoms with Gasteiger partial charge < -0.3 is 15.0 Å². The van der Waals surface area contributed by atoms with Gasteiger partial charge >= 0.3 is 5.97 Å². The number of hydrogen-bond donors (Lipinski definition) is 1. The van der Waals surface area contributed by atoms with E-state index in [2.05, 4.69) is 5.32 Å². The van der Waals surface area contributed by atoms with E-state index in [1.807, 2.05) is 4.90 Å². The number of nitrogens with zero attached hydrogens (tertiary/aromatic N) is 1. The predicted octanol–water partition coefficient (Wildman–Crippen LogP) is 4.76. The normalized spacial score (nSPS) is 17.7. The number of hydrogen-bond acceptors (Lipinski definition) is 4. The molecule has 0 bridgehead atoms. The highest BCUT2D eigenvalue weighted by atomic mass is 35.5. The fourth-order valence-corrected chi connectivity index (χ4v) is 5.11. The quantitative estimate of drug-likeness (QED) is 0.585. The Morgan fingerprint density at radius 3 is 2.06 bits per heavy atom. The van der Waals surface area contributed by atoms with Gasteiger partial charge in [0.05, 0.1) is 10.6 Å². The van der Waals surface area contributed by atoms with Crippen molar-refractivity contribution in [1.29, 1.82) is 0 Å². The van der Waals surface area contributed by atoms with Crippen molar-refractivity contribution in [2.75, 3.05) is 13.2 Å². The topological polar surface area (TPSA) is 75.7 Å². The SMILES string of the molecule is O=C(CNC(=O)c1ccc(Cl)cc1Cl)OCC(=O)N(C1CCCCC1)C1CCCCC1. The molecule has 0 heterocycles. The molecule has 0 unspecified atom stereocenters. The highest BCUT2D eigenvalue weighted by molar-refractivity contribution is 6.36. The van der Waals surface area contributed by atoms with Crippen LogP contribution in [-0.4, -0.2) is 47.9 Å². The second kappa shape index (κ2) is 11.7. The minimum Gasteiger partial charge on any atom is -0.454 e. The van der Waals surface area contributed by atoms with E-state index in [-0.39, 0.29) is 41.7 Å². The van der Waals surface area contributed by atoms with Gasteiger partial charge in [0.25, 0.3) is 11.8 Å². The first-order valence-electron chi connectivity index (χ1n) is 11.2. The molecule has 0 atom stereocenters. The van der Waals surface area contributed by atoms with Crippen LogP contribution >= 0.6 is 23.2 Å². The van der Waals surface area contributed by atoms with E-state index in [0.717, 1.165) is 51.4 Å². The van der Waals surface area contributed by atoms with Crippen molar-refractivity contribution >= 4 is 41.0 Å². The van der Waals surface area contributed by atoms with Gasteiger partial charge in [0.15, 0.2) is 6.61 Å². The fraction of sp³-hybridized carbons (Fsp3) is 0.609. The minimum absolute atomic E-state index is 0.126. The van der Waals surface area contributed by atoms with Crippen LogP contribution in [0.25, 0.3) is 0 Å². The first-order chi connectivity index (χ1) is 15.0. The van der Waals surface area contributed by atoms with E-state index >= 15 is 0 Å². The van der Waals surface area contributed by atoms with E-state index in [4.69, 9.17) is 27.9 Å². The van der Waals surface area contributed by atoms with Crippen molar-refractivity contribution < 1.29 is 19.1 Å². The molecule has 0 radical (unpaired) electrons. The first-order valence-corrected chi connectivity index (χ1v) is 11.9. The van der Waals surface area contributed by atoms with Crippen LogP contribution in [0.1, 0.15) is 74.6 Å². The average molecular weight is 469 g/mol. The summed E-state index contributed by atoms with van der Waals surface area (Å²) in [6.45, 7) is -0.624. The Kier molecular flexibility index (Phi) is 9.02. The number of carbonyl (C=O) groups excluding carboxylic acids is 3. The summed E-state index contributed by atoms with van der Waals surface area (Å²) < 4.78 is 5.20. The van der Waals surface area contributed by atoms with Gasteiger partial charge in [-0.05, 0) is 43.9 Å². The summed E-state index contributed by atoms with van der Waals surface area (Å²) >= 11 is 11.8. The lowest BCUT2D eigenvalue weighted by Gasteiger charge is -2.41. The number of amides is 2. The molecule has 1 aromatic rings. The van der Waals surface area contributed by atoms with Gasteiger partial charge in [-0.2, -0.15) is 0 Å². The second-order valence-electron chi connectivity index (χ2n) is 8.35. The Labute approximate surface area is 193 Å². The Morgan fingerprint density at radius 2 is 1.52 bits per heavy atom. The summed E-state index contributed by atoms with van der Waals surface area (Å²) in [6, 6.07) is 4.98. The maximum Gasteiger partial charge on any atom is 0.325 e. The first kappa shape index (κ1) is 23.9. The molecular weight excluding hydrogens is 439 g/mol. The summed E-state index contributed by atoms with van der Waals surface area (Å²) in [7, 11) is 0. The number of benzene rings is 1. The van der Waals surface area contributed by atoms with Crippen LogP contribution in [-0.2, 0) is 14.3 Å². The lowest BCUT2D eigenvalue weighted by Crippen LogP contribution is -2.50. The highest BCUT2D eigenvalue weighted by Crippen LogP contribution is 2.30. The molecule has 3 rings (SSSR count). The fourth-order valence-electron chi connectivity index (χ4n) is 4.61. The molecule has 8 heteroatoms. The lowest BCUT2D eigenvalue weighted by molar-refractivity contribution is -0.154. The standard InChI is InChI=1S/C23H30Cl2N2O4/c24-16-11-12-19(20(25)13-16)23(30)26-14-22(29)31-15-21(28)27(17-7-3-1-4-8-17)18-9-5-2-6-10-18/h11-13,17-18H,1-10,14-15H2,(H,26,30). The van der Waals surface area contributed by atoms with Gasteiger partial charge in [0.1, 0.15) is 6.54 Å². The van der Waals surface area contributed by atoms with Crippen molar-refractivity contribution in [3.8, 4) is 0 Å². The molecule has 1 aromatic carbocycles. The smallest absolute Gasteiger partial charge is 0.325 e. The third-order valence-electron chi connectivity index (χ3n) is 6.15. The van der Waals surface area contributed by atoms with Crippen LogP contribution in [0.2, 0.25) is 10.0 Å². The summed E-state index contributed by atoms with van der Waals surface area (Å²) in [6.07, 6.45) is 11.1. The van der Waals surface area contributed by atoms with Gasteiger partial charge in [-0.3, -0.25) is 14.4 Å². The van der Waals surface area contributed by atoms with Gasteiger partial charge in [0, 0.05) is 17.1 Å². The minimum atomic E-state index is -0.654. The van der Waals surface area contributed by atoms with Crippen LogP contribution in [0.3, 0.4) is 0 Å². The van der Waals surface area contributed by atoms with Crippen molar-refractivity contribution in [3.05, 3.63) is 33.8 Å². The van der Waals surface area contributed by atoms with E-state index in [0.29, 0.717) is 5.02 Å². The Hall–Kier alpha value is -1.79. The number of nitrogens with one attached hydrogen (secondary N) is 1. The third kappa shape index (κ3) is 6.84. The zero-order valence-electron chi connectivity index (χ0n) is 17.7. The van der Waals surface area contributed by atoms with Crippen LogP contribution in [0.15, 0.2) is 18.2 Å². The van der Waals surface area contributed by atoms with Crippen molar-refractivity contribution in [2.45, 2.75) is 76.3 Å². The average Bonchev–Trinajstić information content (AvgIpc) is 2.77. The van der Waals surface area contributed by atoms with E-state index in [1.54, 1.807) is 6.07 Å². The van der Waals surface area contributed by atoms with Crippen molar-refractivity contribution in [2.24, 2.45) is 0 Å². The summed E-state index contributed by atoms with van der Waals surface area (Å²) in [5.74, 6) is -1.28. The van der Waals surface area contributed by atoms with Crippen LogP contribution in [0, 0.1) is 0 Å². The van der Waals surface area contributed by atoms with Gasteiger partial charge in [0.2, 0.25) is 0 Å². The zero-order valence-corrected chi connectivity index (χ0v) is 19.2. The molecule has 31 heavy (non-hydrogen) atoms. The largest absolute Gasteiger partial charge is 0.454 e. The maximum absolute atomic E-state index is 13.0. The number of ether oxygens (including phenoxy) is 1. The predicted molar refractivity (Wildman–Crippen MR) is 120 cm³/mol. The number of halogens is 2. The second-order valence-corrected chi connectivity index (χ2v) is 9.20. The molecule has 0 saturated heterocycles. The molecule has 2 aliphatic carbocycles. The Bertz CT molecular complexity index is 772. The van der Waals surface area contributed by atoms with Crippen LogP contribution in [0.5, 0.6) is 0 Å². The molecule has 2 amide bonds. The van der Waals surface area contributed by atoms with Crippen molar-refractivity contribution in [1.82, 2.24) is 10.2 Å². The molecule has 2 aliphatic rings. The monoisotopic (exact) mass is 468 g/mol. The molecule has 0 aromatic heterocycles. The van der Waals surface area contributed by atoms with Gasteiger partial charge in [-0.15, -0.1) is 0 Å². The molecule has 1 N–H and O–H groups in total. The number of esters is 1. The number of rotatable bonds is 7. The van der Waals surface area contributed by atoms with E-state index in [1.165, 1.54) is 25.0 Å². The third-order valence-corrected chi connectivity index (χ3v) is 6.70. The highest BCUT2D eigenvalue weighted by Gasteiger charge is 2.32. The maximum atomic E-state index is 13.0. The van der Waals surface area contributed by atoms with Crippen LogP contribution in [0.4, 0.5) is 0 Å². The van der Waals surface area contributed by atoms with E-state index in [9.17, 15) is 14.4 Å². The summed E-state index contributed by atoms with van der Waals surface area (Å²) in [5, 5.41) is 3.09. The molecule has 2 fully saturated rings. The Balaban J connectivity index is 1.51. The summed E-state index contributed by atoms with van der Waals surface area (Å²) in [4.78, 5) is 39.4. The van der Waals surface area contributed by atoms with Crippen LogP contribution < -0.4 is 5.32 Å². The van der Waals surface area contributed by atoms with E-state index < -0.39 is 11.9 Å². The summed E-state index contributed by atoms with van der Waals surface area (Å²) in [5.41, 5.74) is 0.218.